The summed E-state index contributed by atoms with van der Waals surface area (Å²) >= 11 is 0. The molecule has 1 aliphatic heterocycles. The Morgan fingerprint density at radius 1 is 1.21 bits per heavy atom. The van der Waals surface area contributed by atoms with Crippen LogP contribution in [0.25, 0.3) is 0 Å². The van der Waals surface area contributed by atoms with Gasteiger partial charge in [0.2, 0.25) is 5.91 Å². The summed E-state index contributed by atoms with van der Waals surface area (Å²) in [5, 5.41) is 3.44. The van der Waals surface area contributed by atoms with Gasteiger partial charge in [-0.05, 0) is 37.5 Å². The predicted molar refractivity (Wildman–Crippen MR) is 78.7 cm³/mol. The van der Waals surface area contributed by atoms with E-state index in [4.69, 9.17) is 0 Å². The van der Waals surface area contributed by atoms with Crippen molar-refractivity contribution in [1.29, 1.82) is 0 Å². The molecule has 1 saturated heterocycles. The number of amides is 1. The first-order valence-electron chi connectivity index (χ1n) is 8.09. The zero-order chi connectivity index (χ0) is 14.0. The summed E-state index contributed by atoms with van der Waals surface area (Å²) in [7, 11) is 0. The lowest BCUT2D eigenvalue weighted by molar-refractivity contribution is -0.131. The van der Waals surface area contributed by atoms with Gasteiger partial charge < -0.3 is 4.90 Å². The third-order valence-corrected chi connectivity index (χ3v) is 5.10. The highest BCUT2D eigenvalue weighted by atomic mass is 16.2. The maximum Gasteiger partial charge on any atom is 0.241 e. The summed E-state index contributed by atoms with van der Waals surface area (Å²) in [5.41, 5.74) is 0. The van der Waals surface area contributed by atoms with Crippen molar-refractivity contribution in [1.82, 2.24) is 10.2 Å². The van der Waals surface area contributed by atoms with Crippen molar-refractivity contribution in [2.75, 3.05) is 6.54 Å². The van der Waals surface area contributed by atoms with Crippen LogP contribution in [0.1, 0.15) is 59.8 Å². The molecule has 2 rings (SSSR count). The third kappa shape index (κ3) is 3.31. The van der Waals surface area contributed by atoms with Gasteiger partial charge >= 0.3 is 0 Å². The molecule has 19 heavy (non-hydrogen) atoms. The quantitative estimate of drug-likeness (QED) is 0.848. The predicted octanol–water partition coefficient (Wildman–Crippen LogP) is 3.01. The van der Waals surface area contributed by atoms with Crippen molar-refractivity contribution in [2.24, 2.45) is 17.8 Å². The van der Waals surface area contributed by atoms with E-state index < -0.39 is 0 Å². The van der Waals surface area contributed by atoms with Gasteiger partial charge in [0.15, 0.2) is 0 Å². The number of hydrogen-bond donors (Lipinski definition) is 1. The van der Waals surface area contributed by atoms with Crippen LogP contribution in [0.15, 0.2) is 0 Å². The second-order valence-corrected chi connectivity index (χ2v) is 6.85. The summed E-state index contributed by atoms with van der Waals surface area (Å²) < 4.78 is 0. The number of hydrogen-bond acceptors (Lipinski definition) is 2. The van der Waals surface area contributed by atoms with Crippen LogP contribution in [0.2, 0.25) is 0 Å². The maximum absolute atomic E-state index is 12.4. The molecule has 2 unspecified atom stereocenters. The lowest BCUT2D eigenvalue weighted by atomic mass is 9.80. The number of nitrogens with zero attached hydrogens (tertiary/aromatic N) is 1. The highest BCUT2D eigenvalue weighted by molar-refractivity contribution is 5.84. The summed E-state index contributed by atoms with van der Waals surface area (Å²) in [6.07, 6.45) is 6.87. The molecule has 2 atom stereocenters. The Labute approximate surface area is 118 Å². The van der Waals surface area contributed by atoms with Crippen molar-refractivity contribution >= 4 is 5.91 Å². The standard InChI is InChI=1S/C16H30N2O/c1-5-13-6-8-14(9-7-13)10-18-12(4)17-15(11(2)3)16(18)19/h11-15,17H,5-10H2,1-4H3. The van der Waals surface area contributed by atoms with Gasteiger partial charge in [0.1, 0.15) is 0 Å². The lowest BCUT2D eigenvalue weighted by Gasteiger charge is -2.32. The summed E-state index contributed by atoms with van der Waals surface area (Å²) in [6, 6.07) is 0.0296. The van der Waals surface area contributed by atoms with Crippen LogP contribution in [0.3, 0.4) is 0 Å². The molecule has 1 N–H and O–H groups in total. The molecule has 1 aliphatic carbocycles. The van der Waals surface area contributed by atoms with E-state index in [9.17, 15) is 4.79 Å². The van der Waals surface area contributed by atoms with Crippen LogP contribution in [0.5, 0.6) is 0 Å². The van der Waals surface area contributed by atoms with E-state index in [0.29, 0.717) is 11.8 Å². The Balaban J connectivity index is 1.87. The van der Waals surface area contributed by atoms with Gasteiger partial charge in [0, 0.05) is 6.54 Å². The SMILES string of the molecule is CCC1CCC(CN2C(=O)C(C(C)C)NC2C)CC1. The van der Waals surface area contributed by atoms with E-state index in [1.54, 1.807) is 0 Å². The fourth-order valence-corrected chi connectivity index (χ4v) is 3.62. The average molecular weight is 266 g/mol. The van der Waals surface area contributed by atoms with E-state index in [1.807, 2.05) is 0 Å². The number of nitrogens with one attached hydrogen (secondary N) is 1. The van der Waals surface area contributed by atoms with Crippen LogP contribution in [0, 0.1) is 17.8 Å². The van der Waals surface area contributed by atoms with E-state index in [0.717, 1.165) is 18.4 Å². The first kappa shape index (κ1) is 14.8. The Hall–Kier alpha value is -0.570. The Kier molecular flexibility index (Phi) is 4.88. The summed E-state index contributed by atoms with van der Waals surface area (Å²) in [6.45, 7) is 9.63. The minimum absolute atomic E-state index is 0.0296. The number of rotatable bonds is 4. The second kappa shape index (κ2) is 6.25. The lowest BCUT2D eigenvalue weighted by Crippen LogP contribution is -2.39. The molecule has 2 aliphatic rings. The molecule has 3 nitrogen and oxygen atoms in total. The van der Waals surface area contributed by atoms with Crippen molar-refractivity contribution < 1.29 is 4.79 Å². The van der Waals surface area contributed by atoms with Crippen LogP contribution in [-0.4, -0.2) is 29.6 Å². The molecule has 1 heterocycles. The molecule has 0 radical (unpaired) electrons. The van der Waals surface area contributed by atoms with Gasteiger partial charge in [-0.25, -0.2) is 0 Å². The van der Waals surface area contributed by atoms with Crippen LogP contribution < -0.4 is 5.32 Å². The van der Waals surface area contributed by atoms with E-state index in [-0.39, 0.29) is 12.2 Å². The number of carbonyl (C=O) groups excluding carboxylic acids is 1. The van der Waals surface area contributed by atoms with E-state index in [1.165, 1.54) is 32.1 Å². The minimum Gasteiger partial charge on any atom is -0.326 e. The molecule has 0 spiro atoms. The first-order chi connectivity index (χ1) is 9.02. The molecule has 0 aromatic carbocycles. The topological polar surface area (TPSA) is 32.3 Å². The number of carbonyl (C=O) groups is 1. The second-order valence-electron chi connectivity index (χ2n) is 6.85. The molecule has 2 fully saturated rings. The molecule has 110 valence electrons. The fourth-order valence-electron chi connectivity index (χ4n) is 3.62. The van der Waals surface area contributed by atoms with Gasteiger partial charge in [-0.3, -0.25) is 10.1 Å². The molecule has 1 saturated carbocycles. The molecule has 0 aromatic heterocycles. The van der Waals surface area contributed by atoms with Gasteiger partial charge in [-0.1, -0.05) is 40.0 Å². The van der Waals surface area contributed by atoms with Crippen LogP contribution >= 0.6 is 0 Å². The van der Waals surface area contributed by atoms with Crippen LogP contribution in [-0.2, 0) is 4.79 Å². The zero-order valence-corrected chi connectivity index (χ0v) is 13.0. The highest BCUT2D eigenvalue weighted by Crippen LogP contribution is 2.32. The molecule has 0 aromatic rings. The Bertz CT molecular complexity index is 308. The highest BCUT2D eigenvalue weighted by Gasteiger charge is 2.39. The largest absolute Gasteiger partial charge is 0.326 e. The van der Waals surface area contributed by atoms with E-state index in [2.05, 4.69) is 37.9 Å². The smallest absolute Gasteiger partial charge is 0.241 e. The van der Waals surface area contributed by atoms with Crippen LogP contribution in [0.4, 0.5) is 0 Å². The molecular formula is C16H30N2O. The normalized spacial score (nSPS) is 36.3. The van der Waals surface area contributed by atoms with Crippen molar-refractivity contribution in [2.45, 2.75) is 72.0 Å². The average Bonchev–Trinajstić information content (AvgIpc) is 2.68. The zero-order valence-electron chi connectivity index (χ0n) is 13.0. The van der Waals surface area contributed by atoms with Crippen molar-refractivity contribution in [3.05, 3.63) is 0 Å². The van der Waals surface area contributed by atoms with Crippen molar-refractivity contribution in [3.8, 4) is 0 Å². The fraction of sp³-hybridized carbons (Fsp3) is 0.938. The first-order valence-corrected chi connectivity index (χ1v) is 8.09. The Morgan fingerprint density at radius 2 is 1.79 bits per heavy atom. The summed E-state index contributed by atoms with van der Waals surface area (Å²) in [4.78, 5) is 14.5. The summed E-state index contributed by atoms with van der Waals surface area (Å²) in [5.74, 6) is 2.36. The van der Waals surface area contributed by atoms with Gasteiger partial charge in [0.25, 0.3) is 0 Å². The van der Waals surface area contributed by atoms with Gasteiger partial charge in [-0.2, -0.15) is 0 Å². The molecular weight excluding hydrogens is 236 g/mol. The third-order valence-electron chi connectivity index (χ3n) is 5.10. The van der Waals surface area contributed by atoms with E-state index >= 15 is 0 Å². The van der Waals surface area contributed by atoms with Gasteiger partial charge in [-0.15, -0.1) is 0 Å². The minimum atomic E-state index is 0.0296. The molecule has 0 bridgehead atoms. The van der Waals surface area contributed by atoms with Crippen molar-refractivity contribution in [3.63, 3.8) is 0 Å². The Morgan fingerprint density at radius 3 is 2.26 bits per heavy atom. The maximum atomic E-state index is 12.4. The molecule has 3 heteroatoms. The molecule has 1 amide bonds. The monoisotopic (exact) mass is 266 g/mol. The van der Waals surface area contributed by atoms with Gasteiger partial charge in [0.05, 0.1) is 12.2 Å².